The van der Waals surface area contributed by atoms with Gasteiger partial charge in [-0.05, 0) is 32.3 Å². The fourth-order valence-electron chi connectivity index (χ4n) is 3.41. The molecule has 0 aromatic heterocycles. The Morgan fingerprint density at radius 1 is 1.09 bits per heavy atom. The van der Waals surface area contributed by atoms with Crippen molar-refractivity contribution in [2.75, 3.05) is 13.2 Å². The van der Waals surface area contributed by atoms with Crippen LogP contribution in [0.4, 0.5) is 0 Å². The molecule has 1 aromatic rings. The molecule has 2 rings (SSSR count). The molecule has 0 bridgehead atoms. The van der Waals surface area contributed by atoms with E-state index in [9.17, 15) is 9.67 Å². The molecule has 0 saturated heterocycles. The van der Waals surface area contributed by atoms with Crippen LogP contribution in [0.3, 0.4) is 0 Å². The molecule has 1 aliphatic carbocycles. The molecule has 0 spiro atoms. The Kier molecular flexibility index (Phi) is 6.22. The van der Waals surface area contributed by atoms with Crippen LogP contribution in [0, 0.1) is 0 Å². The maximum absolute atomic E-state index is 13.4. The van der Waals surface area contributed by atoms with Crippen molar-refractivity contribution in [3.8, 4) is 0 Å². The summed E-state index contributed by atoms with van der Waals surface area (Å²) < 4.78 is 24.6. The van der Waals surface area contributed by atoms with Crippen LogP contribution in [-0.2, 0) is 13.6 Å². The topological polar surface area (TPSA) is 55.8 Å². The molecule has 0 amide bonds. The minimum atomic E-state index is -3.44. The smallest absolute Gasteiger partial charge is 0.340 e. The molecule has 0 radical (unpaired) electrons. The Bertz CT molecular complexity index is 487. The Labute approximate surface area is 133 Å². The summed E-state index contributed by atoms with van der Waals surface area (Å²) in [7, 11) is -3.44. The van der Waals surface area contributed by atoms with Crippen LogP contribution in [0.5, 0.6) is 0 Å². The molecule has 0 heterocycles. The zero-order valence-corrected chi connectivity index (χ0v) is 14.4. The Morgan fingerprint density at radius 2 is 1.64 bits per heavy atom. The largest absolute Gasteiger partial charge is 0.389 e. The van der Waals surface area contributed by atoms with Gasteiger partial charge in [-0.15, -0.1) is 0 Å². The van der Waals surface area contributed by atoms with E-state index < -0.39 is 18.9 Å². The third-order valence-electron chi connectivity index (χ3n) is 4.28. The lowest BCUT2D eigenvalue weighted by molar-refractivity contribution is -0.00959. The van der Waals surface area contributed by atoms with Crippen LogP contribution in [0.1, 0.15) is 57.2 Å². The van der Waals surface area contributed by atoms with E-state index in [0.29, 0.717) is 26.1 Å². The molecule has 1 saturated carbocycles. The van der Waals surface area contributed by atoms with Crippen molar-refractivity contribution in [2.45, 2.75) is 57.2 Å². The number of aliphatic hydroxyl groups is 1. The number of benzene rings is 1. The van der Waals surface area contributed by atoms with E-state index in [-0.39, 0.29) is 0 Å². The fourth-order valence-corrected chi connectivity index (χ4v) is 5.88. The fraction of sp³-hybridized carbons (Fsp3) is 0.647. The monoisotopic (exact) mass is 326 g/mol. The second-order valence-electron chi connectivity index (χ2n) is 5.85. The van der Waals surface area contributed by atoms with E-state index in [1.54, 1.807) is 13.8 Å². The molecule has 1 N–H and O–H groups in total. The summed E-state index contributed by atoms with van der Waals surface area (Å²) in [4.78, 5) is 0. The number of hydrogen-bond acceptors (Lipinski definition) is 4. The van der Waals surface area contributed by atoms with E-state index in [0.717, 1.165) is 24.8 Å². The molecule has 0 aliphatic heterocycles. The van der Waals surface area contributed by atoms with E-state index in [1.807, 2.05) is 30.3 Å². The van der Waals surface area contributed by atoms with Gasteiger partial charge < -0.3 is 14.2 Å². The lowest BCUT2D eigenvalue weighted by Crippen LogP contribution is -2.39. The maximum Gasteiger partial charge on any atom is 0.340 e. The highest BCUT2D eigenvalue weighted by atomic mass is 31.2. The van der Waals surface area contributed by atoms with Gasteiger partial charge in [0, 0.05) is 0 Å². The second-order valence-corrected chi connectivity index (χ2v) is 7.97. The summed E-state index contributed by atoms with van der Waals surface area (Å²) in [6, 6.07) is 9.52. The van der Waals surface area contributed by atoms with Gasteiger partial charge in [-0.1, -0.05) is 49.6 Å². The lowest BCUT2D eigenvalue weighted by Gasteiger charge is -2.41. The van der Waals surface area contributed by atoms with E-state index in [2.05, 4.69) is 0 Å². The summed E-state index contributed by atoms with van der Waals surface area (Å²) in [6.45, 7) is 4.21. The van der Waals surface area contributed by atoms with Crippen LogP contribution in [0.15, 0.2) is 30.3 Å². The second kappa shape index (κ2) is 7.74. The van der Waals surface area contributed by atoms with E-state index in [4.69, 9.17) is 9.05 Å². The molecule has 124 valence electrons. The summed E-state index contributed by atoms with van der Waals surface area (Å²) in [5.41, 5.74) is -0.821. The van der Waals surface area contributed by atoms with Gasteiger partial charge in [-0.3, -0.25) is 4.57 Å². The molecule has 1 atom stereocenters. The first-order valence-corrected chi connectivity index (χ1v) is 9.83. The van der Waals surface area contributed by atoms with Gasteiger partial charge in [0.25, 0.3) is 0 Å². The van der Waals surface area contributed by atoms with Crippen molar-refractivity contribution in [3.63, 3.8) is 0 Å². The third kappa shape index (κ3) is 3.80. The van der Waals surface area contributed by atoms with Crippen molar-refractivity contribution in [2.24, 2.45) is 0 Å². The van der Waals surface area contributed by atoms with Crippen LogP contribution in [0.25, 0.3) is 0 Å². The normalized spacial score (nSPS) is 19.8. The van der Waals surface area contributed by atoms with Crippen LogP contribution in [-0.4, -0.2) is 23.9 Å². The average molecular weight is 326 g/mol. The Morgan fingerprint density at radius 3 is 2.14 bits per heavy atom. The van der Waals surface area contributed by atoms with E-state index in [1.165, 1.54) is 0 Å². The zero-order chi connectivity index (χ0) is 16.1. The van der Waals surface area contributed by atoms with Crippen molar-refractivity contribution < 1.29 is 18.7 Å². The predicted octanol–water partition coefficient (Wildman–Crippen LogP) is 4.69. The third-order valence-corrected chi connectivity index (χ3v) is 6.93. The molecule has 1 aromatic carbocycles. The Hall–Kier alpha value is -0.670. The van der Waals surface area contributed by atoms with E-state index >= 15 is 0 Å². The molecular formula is C17H27O4P. The highest BCUT2D eigenvalue weighted by Crippen LogP contribution is 2.66. The van der Waals surface area contributed by atoms with Crippen LogP contribution in [0.2, 0.25) is 0 Å². The van der Waals surface area contributed by atoms with Gasteiger partial charge >= 0.3 is 7.60 Å². The van der Waals surface area contributed by atoms with Gasteiger partial charge in [0.2, 0.25) is 0 Å². The number of rotatable bonds is 7. The van der Waals surface area contributed by atoms with Gasteiger partial charge in [-0.25, -0.2) is 0 Å². The van der Waals surface area contributed by atoms with Crippen molar-refractivity contribution in [1.29, 1.82) is 0 Å². The number of hydrogen-bond donors (Lipinski definition) is 1. The van der Waals surface area contributed by atoms with Crippen molar-refractivity contribution >= 4 is 7.60 Å². The highest BCUT2D eigenvalue weighted by Gasteiger charge is 2.51. The van der Waals surface area contributed by atoms with Gasteiger partial charge in [0.1, 0.15) is 5.66 Å². The van der Waals surface area contributed by atoms with Gasteiger partial charge in [-0.2, -0.15) is 0 Å². The van der Waals surface area contributed by atoms with Gasteiger partial charge in [0.05, 0.1) is 18.8 Å². The highest BCUT2D eigenvalue weighted by molar-refractivity contribution is 7.54. The molecule has 1 aliphatic rings. The zero-order valence-electron chi connectivity index (χ0n) is 13.5. The quantitative estimate of drug-likeness (QED) is 0.739. The summed E-state index contributed by atoms with van der Waals surface area (Å²) in [5.74, 6) is 0. The lowest BCUT2D eigenvalue weighted by atomic mass is 9.80. The molecule has 4 nitrogen and oxygen atoms in total. The first-order chi connectivity index (χ1) is 10.6. The Balaban J connectivity index is 2.47. The predicted molar refractivity (Wildman–Crippen MR) is 88.1 cm³/mol. The maximum atomic E-state index is 13.4. The molecular weight excluding hydrogens is 299 g/mol. The molecule has 1 fully saturated rings. The standard InChI is InChI=1S/C17H27O4P/c1-3-20-22(19,21-4-2)16(15-11-7-5-8-12-15)17(18)13-9-6-10-14-17/h5,7-8,11-12,16,18H,3-4,6,9-10,13-14H2,1-2H3. The van der Waals surface area contributed by atoms with Crippen LogP contribution < -0.4 is 0 Å². The first kappa shape index (κ1) is 17.7. The van der Waals surface area contributed by atoms with Crippen molar-refractivity contribution in [3.05, 3.63) is 35.9 Å². The van der Waals surface area contributed by atoms with Crippen molar-refractivity contribution in [1.82, 2.24) is 0 Å². The minimum absolute atomic E-state index is 0.302. The first-order valence-electron chi connectivity index (χ1n) is 8.22. The SMILES string of the molecule is CCOP(=O)(OCC)C(c1ccccc1)C1(O)CCCCC1. The summed E-state index contributed by atoms with van der Waals surface area (Å²) in [5, 5.41) is 11.2. The molecule has 1 unspecified atom stereocenters. The summed E-state index contributed by atoms with van der Waals surface area (Å²) >= 11 is 0. The molecule has 5 heteroatoms. The van der Waals surface area contributed by atoms with Gasteiger partial charge in [0.15, 0.2) is 0 Å². The average Bonchev–Trinajstić information content (AvgIpc) is 2.49. The molecule has 22 heavy (non-hydrogen) atoms. The summed E-state index contributed by atoms with van der Waals surface area (Å²) in [6.07, 6.45) is 4.26. The van der Waals surface area contributed by atoms with Crippen LogP contribution >= 0.6 is 7.60 Å². The minimum Gasteiger partial charge on any atom is -0.389 e.